The number of aryl methyl sites for hydroxylation is 4. The van der Waals surface area contributed by atoms with E-state index >= 15 is 0 Å². The third-order valence-electron chi connectivity index (χ3n) is 9.80. The third kappa shape index (κ3) is 6.16. The maximum atomic E-state index is 13.9. The van der Waals surface area contributed by atoms with Gasteiger partial charge >= 0.3 is 6.03 Å². The Hall–Kier alpha value is -4.73. The van der Waals surface area contributed by atoms with Crippen molar-refractivity contribution in [2.24, 2.45) is 0 Å². The van der Waals surface area contributed by atoms with Crippen LogP contribution in [0, 0.1) is 27.7 Å². The van der Waals surface area contributed by atoms with E-state index in [1.807, 2.05) is 69.0 Å². The molecule has 5 aromatic rings. The highest BCUT2D eigenvalue weighted by Crippen LogP contribution is 2.48. The minimum absolute atomic E-state index is 0.109. The van der Waals surface area contributed by atoms with Crippen LogP contribution in [0.2, 0.25) is 5.02 Å². The van der Waals surface area contributed by atoms with Crippen LogP contribution in [0.3, 0.4) is 0 Å². The summed E-state index contributed by atoms with van der Waals surface area (Å²) in [5.74, 6) is 1.52. The lowest BCUT2D eigenvalue weighted by molar-refractivity contribution is 0.180. The Morgan fingerprint density at radius 2 is 1.65 bits per heavy atom. The molecule has 2 aliphatic heterocycles. The fourth-order valence-electron chi connectivity index (χ4n) is 7.25. The molecule has 0 radical (unpaired) electrons. The van der Waals surface area contributed by atoms with Crippen molar-refractivity contribution in [1.82, 2.24) is 25.5 Å². The van der Waals surface area contributed by atoms with Gasteiger partial charge in [0.05, 0.1) is 22.6 Å². The molecule has 48 heavy (non-hydrogen) atoms. The monoisotopic (exact) mass is 662 g/mol. The van der Waals surface area contributed by atoms with E-state index < -0.39 is 0 Å². The molecule has 0 unspecified atom stereocenters. The molecule has 0 aliphatic carbocycles. The number of nitrogens with one attached hydrogen (secondary N) is 1. The lowest BCUT2D eigenvalue weighted by Crippen LogP contribution is -2.47. The molecule has 5 heterocycles. The van der Waals surface area contributed by atoms with E-state index in [2.05, 4.69) is 55.9 Å². The topological polar surface area (TPSA) is 101 Å². The number of pyridine rings is 1. The predicted octanol–water partition coefficient (Wildman–Crippen LogP) is 8.06. The highest BCUT2D eigenvalue weighted by atomic mass is 35.5. The van der Waals surface area contributed by atoms with Crippen molar-refractivity contribution in [2.75, 3.05) is 31.1 Å². The van der Waals surface area contributed by atoms with Gasteiger partial charge in [0.25, 0.3) is 0 Å². The van der Waals surface area contributed by atoms with E-state index in [1.165, 1.54) is 5.56 Å². The minimum Gasteiger partial charge on any atom is -0.361 e. The number of urea groups is 1. The van der Waals surface area contributed by atoms with Gasteiger partial charge in [-0.05, 0) is 112 Å². The van der Waals surface area contributed by atoms with Crippen molar-refractivity contribution >= 4 is 29.4 Å². The van der Waals surface area contributed by atoms with Crippen LogP contribution < -0.4 is 10.2 Å². The number of likely N-dealkylation sites (tertiary alicyclic amines) is 1. The SMILES string of the molecule is Cc1noc(C)c1-c1ccc2c(c1)C1(CCN(CC=Cc3ccc(Cl)cc3)CC1)CN2C(=O)NCc1ccnc(-c2c(C)noc2C)c1. The molecular formula is C38H39ClN6O3. The van der Waals surface area contributed by atoms with Crippen molar-refractivity contribution in [3.63, 3.8) is 0 Å². The number of rotatable bonds is 7. The molecule has 2 amide bonds. The average Bonchev–Trinajstić information content (AvgIpc) is 3.72. The number of hydrogen-bond acceptors (Lipinski definition) is 7. The summed E-state index contributed by atoms with van der Waals surface area (Å²) in [6.07, 6.45) is 8.03. The molecule has 3 aromatic heterocycles. The zero-order valence-electron chi connectivity index (χ0n) is 27.7. The molecule has 2 aromatic carbocycles. The van der Waals surface area contributed by atoms with Gasteiger partial charge in [0, 0.05) is 47.5 Å². The Balaban J connectivity index is 1.10. The minimum atomic E-state index is -0.148. The summed E-state index contributed by atoms with van der Waals surface area (Å²) in [5, 5.41) is 12.2. The van der Waals surface area contributed by atoms with Crippen LogP contribution in [-0.2, 0) is 12.0 Å². The molecule has 0 bridgehead atoms. The maximum Gasteiger partial charge on any atom is 0.322 e. The molecule has 10 heteroatoms. The Morgan fingerprint density at radius 3 is 2.33 bits per heavy atom. The quantitative estimate of drug-likeness (QED) is 0.188. The molecule has 0 atom stereocenters. The maximum absolute atomic E-state index is 13.9. The Bertz CT molecular complexity index is 1950. The Kier molecular flexibility index (Phi) is 8.66. The van der Waals surface area contributed by atoms with Crippen LogP contribution >= 0.6 is 11.6 Å². The van der Waals surface area contributed by atoms with Gasteiger partial charge in [0.2, 0.25) is 0 Å². The third-order valence-corrected chi connectivity index (χ3v) is 10.1. The van der Waals surface area contributed by atoms with Crippen molar-refractivity contribution in [3.8, 4) is 22.4 Å². The Labute approximate surface area is 285 Å². The van der Waals surface area contributed by atoms with E-state index in [-0.39, 0.29) is 11.4 Å². The summed E-state index contributed by atoms with van der Waals surface area (Å²) in [5.41, 5.74) is 9.55. The lowest BCUT2D eigenvalue weighted by atomic mass is 9.73. The summed E-state index contributed by atoms with van der Waals surface area (Å²) in [7, 11) is 0. The first-order valence-electron chi connectivity index (χ1n) is 16.4. The average molecular weight is 663 g/mol. The first-order valence-corrected chi connectivity index (χ1v) is 16.7. The molecule has 246 valence electrons. The van der Waals surface area contributed by atoms with E-state index in [1.54, 1.807) is 6.20 Å². The molecule has 1 N–H and O–H groups in total. The number of amides is 2. The molecule has 2 aliphatic rings. The highest BCUT2D eigenvalue weighted by molar-refractivity contribution is 6.30. The number of carbonyl (C=O) groups excluding carboxylic acids is 1. The number of benzene rings is 2. The number of halogens is 1. The van der Waals surface area contributed by atoms with Gasteiger partial charge in [0.15, 0.2) is 0 Å². The second kappa shape index (κ2) is 13.1. The number of anilines is 1. The number of fused-ring (bicyclic) bond motifs is 2. The molecule has 1 spiro atoms. The highest BCUT2D eigenvalue weighted by Gasteiger charge is 2.46. The van der Waals surface area contributed by atoms with Gasteiger partial charge in [-0.1, -0.05) is 52.3 Å². The zero-order chi connectivity index (χ0) is 33.4. The first kappa shape index (κ1) is 31.8. The fourth-order valence-corrected chi connectivity index (χ4v) is 7.37. The predicted molar refractivity (Wildman–Crippen MR) is 188 cm³/mol. The van der Waals surface area contributed by atoms with Gasteiger partial charge < -0.3 is 14.4 Å². The summed E-state index contributed by atoms with van der Waals surface area (Å²) in [6, 6.07) is 18.1. The summed E-state index contributed by atoms with van der Waals surface area (Å²) in [4.78, 5) is 22.9. The molecule has 0 saturated carbocycles. The largest absolute Gasteiger partial charge is 0.361 e. The lowest BCUT2D eigenvalue weighted by Gasteiger charge is -2.39. The van der Waals surface area contributed by atoms with Crippen LogP contribution in [-0.4, -0.2) is 52.4 Å². The number of aromatic nitrogens is 3. The van der Waals surface area contributed by atoms with E-state index in [4.69, 9.17) is 20.6 Å². The summed E-state index contributed by atoms with van der Waals surface area (Å²) < 4.78 is 10.9. The van der Waals surface area contributed by atoms with Crippen LogP contribution in [0.1, 0.15) is 52.4 Å². The van der Waals surface area contributed by atoms with E-state index in [0.717, 1.165) is 99.6 Å². The van der Waals surface area contributed by atoms with Crippen molar-refractivity contribution in [2.45, 2.75) is 52.5 Å². The molecule has 1 fully saturated rings. The van der Waals surface area contributed by atoms with Gasteiger partial charge in [-0.2, -0.15) is 0 Å². The standard InChI is InChI=1S/C38H39ClN6O3/c1-24-35(26(3)47-42-24)30-9-12-34-32(21-30)38(14-18-44(19-15-38)17-5-6-28-7-10-31(39)11-8-28)23-45(34)37(46)41-22-29-13-16-40-33(20-29)36-25(2)43-48-27(36)4/h5-13,16,20-21H,14-15,17-19,22-23H2,1-4H3,(H,41,46). The van der Waals surface area contributed by atoms with Crippen LogP contribution in [0.25, 0.3) is 28.5 Å². The molecule has 1 saturated heterocycles. The Morgan fingerprint density at radius 1 is 0.938 bits per heavy atom. The van der Waals surface area contributed by atoms with Gasteiger partial charge in [0.1, 0.15) is 11.5 Å². The van der Waals surface area contributed by atoms with Crippen molar-refractivity contribution < 1.29 is 13.8 Å². The van der Waals surface area contributed by atoms with E-state index in [0.29, 0.717) is 13.1 Å². The van der Waals surface area contributed by atoms with Crippen LogP contribution in [0.4, 0.5) is 10.5 Å². The number of nitrogens with zero attached hydrogens (tertiary/aromatic N) is 5. The normalized spacial score (nSPS) is 15.8. The summed E-state index contributed by atoms with van der Waals surface area (Å²) >= 11 is 6.05. The number of hydrogen-bond donors (Lipinski definition) is 1. The molecule has 7 rings (SSSR count). The second-order valence-electron chi connectivity index (χ2n) is 13.0. The van der Waals surface area contributed by atoms with Crippen molar-refractivity contribution in [1.29, 1.82) is 0 Å². The fraction of sp³-hybridized carbons (Fsp3) is 0.316. The summed E-state index contributed by atoms with van der Waals surface area (Å²) in [6.45, 7) is 11.5. The van der Waals surface area contributed by atoms with Crippen LogP contribution in [0.5, 0.6) is 0 Å². The van der Waals surface area contributed by atoms with Crippen molar-refractivity contribution in [3.05, 3.63) is 111 Å². The zero-order valence-corrected chi connectivity index (χ0v) is 28.5. The number of carbonyl (C=O) groups is 1. The number of piperidine rings is 1. The first-order chi connectivity index (χ1) is 23.2. The molecular weight excluding hydrogens is 624 g/mol. The van der Waals surface area contributed by atoms with Gasteiger partial charge in [-0.15, -0.1) is 0 Å². The smallest absolute Gasteiger partial charge is 0.322 e. The second-order valence-corrected chi connectivity index (χ2v) is 13.4. The molecule has 9 nitrogen and oxygen atoms in total. The van der Waals surface area contributed by atoms with Gasteiger partial charge in [-0.25, -0.2) is 4.79 Å². The van der Waals surface area contributed by atoms with Crippen LogP contribution in [0.15, 0.2) is 75.9 Å². The van der Waals surface area contributed by atoms with E-state index in [9.17, 15) is 4.79 Å². The van der Waals surface area contributed by atoms with Gasteiger partial charge in [-0.3, -0.25) is 14.8 Å².